The van der Waals surface area contributed by atoms with E-state index in [4.69, 9.17) is 0 Å². The number of imidazole rings is 1. The summed E-state index contributed by atoms with van der Waals surface area (Å²) in [5, 5.41) is 12.6. The van der Waals surface area contributed by atoms with Crippen LogP contribution in [0.2, 0.25) is 0 Å². The van der Waals surface area contributed by atoms with Gasteiger partial charge < -0.3 is 15.4 Å². The lowest BCUT2D eigenvalue weighted by Gasteiger charge is -2.15. The maximum atomic E-state index is 12.1. The van der Waals surface area contributed by atoms with Gasteiger partial charge in [-0.25, -0.2) is 4.98 Å². The van der Waals surface area contributed by atoms with E-state index in [1.54, 1.807) is 30.6 Å². The van der Waals surface area contributed by atoms with Gasteiger partial charge in [0.1, 0.15) is 11.6 Å². The predicted molar refractivity (Wildman–Crippen MR) is 71.9 cm³/mol. The van der Waals surface area contributed by atoms with Gasteiger partial charge in [0, 0.05) is 12.4 Å². The highest BCUT2D eigenvalue weighted by atomic mass is 16.3. The Hall–Kier alpha value is -2.30. The largest absolute Gasteiger partial charge is 0.507 e. The summed E-state index contributed by atoms with van der Waals surface area (Å²) in [6.07, 6.45) is 4.08. The van der Waals surface area contributed by atoms with Gasteiger partial charge in [0.15, 0.2) is 0 Å². The van der Waals surface area contributed by atoms with E-state index in [-0.39, 0.29) is 23.3 Å². The first kappa shape index (κ1) is 13.1. The zero-order valence-corrected chi connectivity index (χ0v) is 11.0. The number of aromatic amines is 1. The zero-order valence-electron chi connectivity index (χ0n) is 11.0. The number of phenols is 1. The molecule has 0 aliphatic heterocycles. The van der Waals surface area contributed by atoms with Crippen molar-refractivity contribution in [2.75, 3.05) is 0 Å². The molecule has 0 saturated carbocycles. The van der Waals surface area contributed by atoms with Crippen LogP contribution in [-0.4, -0.2) is 21.0 Å². The highest BCUT2D eigenvalue weighted by Gasteiger charge is 2.18. The molecule has 1 aromatic heterocycles. The summed E-state index contributed by atoms with van der Waals surface area (Å²) in [6, 6.07) is 4.79. The quantitative estimate of drug-likeness (QED) is 0.788. The molecule has 2 aromatic rings. The van der Waals surface area contributed by atoms with Crippen LogP contribution in [0, 0.1) is 6.92 Å². The molecule has 1 unspecified atom stereocenters. The van der Waals surface area contributed by atoms with Crippen molar-refractivity contribution in [3.63, 3.8) is 0 Å². The normalized spacial score (nSPS) is 12.1. The molecule has 3 N–H and O–H groups in total. The van der Waals surface area contributed by atoms with E-state index in [1.807, 2.05) is 13.8 Å². The Balaban J connectivity index is 2.16. The highest BCUT2D eigenvalue weighted by molar-refractivity contribution is 5.97. The fraction of sp³-hybridized carbons (Fsp3) is 0.286. The number of aryl methyl sites for hydroxylation is 1. The first-order valence-corrected chi connectivity index (χ1v) is 6.21. The van der Waals surface area contributed by atoms with Gasteiger partial charge in [-0.3, -0.25) is 4.79 Å². The number of aromatic nitrogens is 2. The summed E-state index contributed by atoms with van der Waals surface area (Å²) in [5.41, 5.74) is 1.18. The molecule has 100 valence electrons. The third-order valence-electron chi connectivity index (χ3n) is 2.96. The molecule has 0 bridgehead atoms. The minimum Gasteiger partial charge on any atom is -0.507 e. The van der Waals surface area contributed by atoms with E-state index in [9.17, 15) is 9.90 Å². The average Bonchev–Trinajstić information content (AvgIpc) is 2.89. The molecule has 2 rings (SSSR count). The zero-order chi connectivity index (χ0) is 13.8. The minimum absolute atomic E-state index is 0.00759. The molecular weight excluding hydrogens is 242 g/mol. The van der Waals surface area contributed by atoms with Crippen LogP contribution < -0.4 is 5.32 Å². The van der Waals surface area contributed by atoms with Gasteiger partial charge in [0.25, 0.3) is 5.91 Å². The molecule has 0 radical (unpaired) electrons. The van der Waals surface area contributed by atoms with Gasteiger partial charge in [0.2, 0.25) is 0 Å². The molecule has 1 atom stereocenters. The Labute approximate surface area is 111 Å². The maximum Gasteiger partial charge on any atom is 0.255 e. The fourth-order valence-electron chi connectivity index (χ4n) is 1.90. The third-order valence-corrected chi connectivity index (χ3v) is 2.96. The van der Waals surface area contributed by atoms with Crippen LogP contribution in [0.25, 0.3) is 0 Å². The Bertz CT molecular complexity index is 564. The topological polar surface area (TPSA) is 78.0 Å². The van der Waals surface area contributed by atoms with E-state index >= 15 is 0 Å². The monoisotopic (exact) mass is 259 g/mol. The summed E-state index contributed by atoms with van der Waals surface area (Å²) in [7, 11) is 0. The van der Waals surface area contributed by atoms with Crippen molar-refractivity contribution >= 4 is 5.91 Å². The molecule has 5 heteroatoms. The number of H-pyrrole nitrogens is 1. The lowest BCUT2D eigenvalue weighted by atomic mass is 10.1. The van der Waals surface area contributed by atoms with Gasteiger partial charge >= 0.3 is 0 Å². The van der Waals surface area contributed by atoms with Crippen LogP contribution in [0.1, 0.15) is 41.1 Å². The van der Waals surface area contributed by atoms with Crippen LogP contribution in [-0.2, 0) is 0 Å². The second kappa shape index (κ2) is 5.56. The molecule has 19 heavy (non-hydrogen) atoms. The van der Waals surface area contributed by atoms with Gasteiger partial charge in [-0.1, -0.05) is 13.0 Å². The summed E-state index contributed by atoms with van der Waals surface area (Å²) in [4.78, 5) is 19.2. The summed E-state index contributed by atoms with van der Waals surface area (Å²) in [6.45, 7) is 3.82. The van der Waals surface area contributed by atoms with E-state index < -0.39 is 0 Å². The number of benzene rings is 1. The molecule has 0 spiro atoms. The van der Waals surface area contributed by atoms with Gasteiger partial charge in [-0.05, 0) is 31.0 Å². The summed E-state index contributed by atoms with van der Waals surface area (Å²) >= 11 is 0. The standard InChI is InChI=1S/C14H17N3O2/c1-3-11(13-15-6-7-16-13)17-14(19)10-5-4-9(2)8-12(10)18/h4-8,11,18H,3H2,1-2H3,(H,15,16)(H,17,19). The number of nitrogens with zero attached hydrogens (tertiary/aromatic N) is 1. The molecule has 5 nitrogen and oxygen atoms in total. The first-order valence-electron chi connectivity index (χ1n) is 6.21. The van der Waals surface area contributed by atoms with Crippen molar-refractivity contribution in [2.45, 2.75) is 26.3 Å². The van der Waals surface area contributed by atoms with Crippen molar-refractivity contribution in [1.82, 2.24) is 15.3 Å². The molecule has 0 aliphatic carbocycles. The minimum atomic E-state index is -0.305. The van der Waals surface area contributed by atoms with Crippen LogP contribution >= 0.6 is 0 Å². The van der Waals surface area contributed by atoms with Crippen LogP contribution in [0.3, 0.4) is 0 Å². The molecule has 0 saturated heterocycles. The molecule has 1 aromatic carbocycles. The number of amides is 1. The number of rotatable bonds is 4. The van der Waals surface area contributed by atoms with Gasteiger partial charge in [-0.15, -0.1) is 0 Å². The molecular formula is C14H17N3O2. The molecule has 0 fully saturated rings. The molecule has 1 amide bonds. The second-order valence-electron chi connectivity index (χ2n) is 4.43. The smallest absolute Gasteiger partial charge is 0.255 e. The SMILES string of the molecule is CCC(NC(=O)c1ccc(C)cc1O)c1ncc[nH]1. The van der Waals surface area contributed by atoms with Crippen LogP contribution in [0.15, 0.2) is 30.6 Å². The summed E-state index contributed by atoms with van der Waals surface area (Å²) < 4.78 is 0. The molecule has 1 heterocycles. The Morgan fingerprint density at radius 3 is 2.89 bits per heavy atom. The van der Waals surface area contributed by atoms with Crippen molar-refractivity contribution in [1.29, 1.82) is 0 Å². The Kier molecular flexibility index (Phi) is 3.85. The lowest BCUT2D eigenvalue weighted by molar-refractivity contribution is 0.0931. The van der Waals surface area contributed by atoms with E-state index in [2.05, 4.69) is 15.3 Å². The number of hydrogen-bond donors (Lipinski definition) is 3. The number of carbonyl (C=O) groups excluding carboxylic acids is 1. The molecule has 0 aliphatic rings. The Morgan fingerprint density at radius 1 is 1.53 bits per heavy atom. The maximum absolute atomic E-state index is 12.1. The van der Waals surface area contributed by atoms with Crippen molar-refractivity contribution in [2.24, 2.45) is 0 Å². The van der Waals surface area contributed by atoms with Gasteiger partial charge in [0.05, 0.1) is 11.6 Å². The number of nitrogens with one attached hydrogen (secondary N) is 2. The Morgan fingerprint density at radius 2 is 2.32 bits per heavy atom. The highest BCUT2D eigenvalue weighted by Crippen LogP contribution is 2.20. The van der Waals surface area contributed by atoms with Crippen LogP contribution in [0.5, 0.6) is 5.75 Å². The second-order valence-corrected chi connectivity index (χ2v) is 4.43. The lowest BCUT2D eigenvalue weighted by Crippen LogP contribution is -2.28. The average molecular weight is 259 g/mol. The summed E-state index contributed by atoms with van der Waals surface area (Å²) in [5.74, 6) is 0.398. The van der Waals surface area contributed by atoms with E-state index in [1.165, 1.54) is 0 Å². The van der Waals surface area contributed by atoms with Crippen molar-refractivity contribution in [3.05, 3.63) is 47.5 Å². The van der Waals surface area contributed by atoms with Crippen molar-refractivity contribution < 1.29 is 9.90 Å². The van der Waals surface area contributed by atoms with Crippen LogP contribution in [0.4, 0.5) is 0 Å². The van der Waals surface area contributed by atoms with Gasteiger partial charge in [-0.2, -0.15) is 0 Å². The third kappa shape index (κ3) is 2.93. The number of phenolic OH excluding ortho intramolecular Hbond substituents is 1. The number of hydrogen-bond acceptors (Lipinski definition) is 3. The fourth-order valence-corrected chi connectivity index (χ4v) is 1.90. The van der Waals surface area contributed by atoms with E-state index in [0.29, 0.717) is 12.2 Å². The van der Waals surface area contributed by atoms with Crippen molar-refractivity contribution in [3.8, 4) is 5.75 Å². The number of aromatic hydroxyl groups is 1. The predicted octanol–water partition coefficient (Wildman–Crippen LogP) is 2.30. The number of carbonyl (C=O) groups is 1. The first-order chi connectivity index (χ1) is 9.11. The van der Waals surface area contributed by atoms with E-state index in [0.717, 1.165) is 5.56 Å².